The Morgan fingerprint density at radius 2 is 1.75 bits per heavy atom. The van der Waals surface area contributed by atoms with E-state index in [0.717, 1.165) is 5.56 Å². The van der Waals surface area contributed by atoms with Crippen LogP contribution in [-0.2, 0) is 6.42 Å². The van der Waals surface area contributed by atoms with Crippen molar-refractivity contribution in [2.45, 2.75) is 25.5 Å². The van der Waals surface area contributed by atoms with E-state index in [0.29, 0.717) is 24.2 Å². The lowest BCUT2D eigenvalue weighted by Crippen LogP contribution is -2.57. The van der Waals surface area contributed by atoms with Crippen LogP contribution in [0, 0.1) is 0 Å². The Morgan fingerprint density at radius 1 is 1.05 bits per heavy atom. The lowest BCUT2D eigenvalue weighted by molar-refractivity contribution is 0.0157. The van der Waals surface area contributed by atoms with Crippen LogP contribution in [0.3, 0.4) is 0 Å². The Hall–Kier alpha value is -2.29. The van der Waals surface area contributed by atoms with Crippen molar-refractivity contribution in [1.29, 1.82) is 0 Å². The Balaban J connectivity index is 1.93. The van der Waals surface area contributed by atoms with Crippen LogP contribution in [-0.4, -0.2) is 11.6 Å². The van der Waals surface area contributed by atoms with Crippen molar-refractivity contribution in [2.75, 3.05) is 0 Å². The number of benzene rings is 2. The summed E-state index contributed by atoms with van der Waals surface area (Å²) >= 11 is 0. The van der Waals surface area contributed by atoms with E-state index in [4.69, 9.17) is 4.74 Å². The number of amides is 1. The van der Waals surface area contributed by atoms with Crippen molar-refractivity contribution in [2.24, 2.45) is 0 Å². The van der Waals surface area contributed by atoms with Gasteiger partial charge in [0.25, 0.3) is 5.91 Å². The van der Waals surface area contributed by atoms with E-state index in [1.165, 1.54) is 0 Å². The standard InChI is InChI=1S/C17H17NO2/c1-2-17(12-13-8-4-3-5-9-13)18-16(19)14-10-6-7-11-15(14)20-17/h3-11H,2,12H2,1H3,(H,18,19)/t17-/m0/s1. The maximum absolute atomic E-state index is 12.3. The molecule has 1 amide bonds. The van der Waals surface area contributed by atoms with Crippen LogP contribution in [0.2, 0.25) is 0 Å². The number of carbonyl (C=O) groups is 1. The highest BCUT2D eigenvalue weighted by molar-refractivity contribution is 5.98. The molecule has 1 aliphatic rings. The van der Waals surface area contributed by atoms with Gasteiger partial charge in [0.2, 0.25) is 0 Å². The van der Waals surface area contributed by atoms with Crippen LogP contribution in [0.5, 0.6) is 5.75 Å². The quantitative estimate of drug-likeness (QED) is 0.927. The molecule has 1 atom stereocenters. The fraction of sp³-hybridized carbons (Fsp3) is 0.235. The molecule has 2 aromatic carbocycles. The van der Waals surface area contributed by atoms with Crippen LogP contribution in [0.15, 0.2) is 54.6 Å². The summed E-state index contributed by atoms with van der Waals surface area (Å²) in [7, 11) is 0. The second kappa shape index (κ2) is 5.00. The van der Waals surface area contributed by atoms with Crippen molar-refractivity contribution < 1.29 is 9.53 Å². The number of fused-ring (bicyclic) bond motifs is 1. The highest BCUT2D eigenvalue weighted by Gasteiger charge is 2.38. The molecule has 0 saturated heterocycles. The largest absolute Gasteiger partial charge is 0.467 e. The minimum Gasteiger partial charge on any atom is -0.467 e. The molecule has 0 radical (unpaired) electrons. The van der Waals surface area contributed by atoms with Crippen molar-refractivity contribution in [3.05, 3.63) is 65.7 Å². The maximum atomic E-state index is 12.3. The Bertz CT molecular complexity index is 624. The number of ether oxygens (including phenoxy) is 1. The first-order valence-corrected chi connectivity index (χ1v) is 6.87. The van der Waals surface area contributed by atoms with Gasteiger partial charge in [0.15, 0.2) is 5.72 Å². The Kier molecular flexibility index (Phi) is 3.18. The SMILES string of the molecule is CC[C@]1(Cc2ccccc2)NC(=O)c2ccccc2O1. The molecule has 0 aromatic heterocycles. The van der Waals surface area contributed by atoms with E-state index >= 15 is 0 Å². The van der Waals surface area contributed by atoms with Gasteiger partial charge in [-0.25, -0.2) is 0 Å². The molecule has 0 bridgehead atoms. The van der Waals surface area contributed by atoms with Gasteiger partial charge < -0.3 is 10.1 Å². The van der Waals surface area contributed by atoms with Gasteiger partial charge in [-0.3, -0.25) is 4.79 Å². The summed E-state index contributed by atoms with van der Waals surface area (Å²) in [5.74, 6) is 0.596. The van der Waals surface area contributed by atoms with Gasteiger partial charge in [-0.05, 0) is 17.7 Å². The number of para-hydroxylation sites is 1. The lowest BCUT2D eigenvalue weighted by atomic mass is 9.97. The monoisotopic (exact) mass is 267 g/mol. The second-order valence-electron chi connectivity index (χ2n) is 5.06. The molecule has 2 aromatic rings. The van der Waals surface area contributed by atoms with Gasteiger partial charge in [0.1, 0.15) is 5.75 Å². The third kappa shape index (κ3) is 2.27. The van der Waals surface area contributed by atoms with Crippen LogP contribution >= 0.6 is 0 Å². The van der Waals surface area contributed by atoms with Gasteiger partial charge in [-0.15, -0.1) is 0 Å². The van der Waals surface area contributed by atoms with Crippen molar-refractivity contribution in [3.8, 4) is 5.75 Å². The molecule has 20 heavy (non-hydrogen) atoms. The molecule has 0 aliphatic carbocycles. The first kappa shape index (κ1) is 12.7. The zero-order valence-electron chi connectivity index (χ0n) is 11.4. The zero-order chi connectivity index (χ0) is 14.0. The number of hydrogen-bond acceptors (Lipinski definition) is 2. The number of rotatable bonds is 3. The predicted octanol–water partition coefficient (Wildman–Crippen LogP) is 3.16. The van der Waals surface area contributed by atoms with Crippen molar-refractivity contribution in [1.82, 2.24) is 5.32 Å². The Labute approximate surface area is 118 Å². The summed E-state index contributed by atoms with van der Waals surface area (Å²) in [5.41, 5.74) is 1.09. The van der Waals surface area contributed by atoms with E-state index < -0.39 is 5.72 Å². The number of hydrogen-bond donors (Lipinski definition) is 1. The summed E-state index contributed by atoms with van der Waals surface area (Å²) < 4.78 is 6.11. The molecule has 0 spiro atoms. The molecule has 1 aliphatic heterocycles. The highest BCUT2D eigenvalue weighted by Crippen LogP contribution is 2.31. The Morgan fingerprint density at radius 3 is 2.50 bits per heavy atom. The smallest absolute Gasteiger partial charge is 0.258 e. The lowest BCUT2D eigenvalue weighted by Gasteiger charge is -2.38. The predicted molar refractivity (Wildman–Crippen MR) is 77.7 cm³/mol. The van der Waals surface area contributed by atoms with Crippen LogP contribution in [0.25, 0.3) is 0 Å². The molecule has 0 fully saturated rings. The fourth-order valence-corrected chi connectivity index (χ4v) is 2.54. The van der Waals surface area contributed by atoms with E-state index in [1.54, 1.807) is 6.07 Å². The van der Waals surface area contributed by atoms with E-state index in [9.17, 15) is 4.79 Å². The van der Waals surface area contributed by atoms with Gasteiger partial charge in [0.05, 0.1) is 5.56 Å². The summed E-state index contributed by atoms with van der Waals surface area (Å²) in [6.07, 6.45) is 1.37. The van der Waals surface area contributed by atoms with Crippen molar-refractivity contribution in [3.63, 3.8) is 0 Å². The van der Waals surface area contributed by atoms with Crippen LogP contribution in [0.4, 0.5) is 0 Å². The average molecular weight is 267 g/mol. The van der Waals surface area contributed by atoms with E-state index in [2.05, 4.69) is 5.32 Å². The molecule has 3 heteroatoms. The van der Waals surface area contributed by atoms with Crippen LogP contribution in [0.1, 0.15) is 29.3 Å². The number of nitrogens with one attached hydrogen (secondary N) is 1. The molecule has 102 valence electrons. The third-order valence-corrected chi connectivity index (χ3v) is 3.68. The minimum absolute atomic E-state index is 0.0652. The average Bonchev–Trinajstić information content (AvgIpc) is 2.48. The highest BCUT2D eigenvalue weighted by atomic mass is 16.5. The molecule has 0 saturated carbocycles. The van der Waals surface area contributed by atoms with E-state index in [1.807, 2.05) is 55.5 Å². The first-order chi connectivity index (χ1) is 9.72. The van der Waals surface area contributed by atoms with Gasteiger partial charge in [0, 0.05) is 12.8 Å². The molecule has 0 unspecified atom stereocenters. The first-order valence-electron chi connectivity index (χ1n) is 6.87. The maximum Gasteiger partial charge on any atom is 0.258 e. The van der Waals surface area contributed by atoms with Crippen molar-refractivity contribution >= 4 is 5.91 Å². The van der Waals surface area contributed by atoms with Gasteiger partial charge in [-0.1, -0.05) is 49.4 Å². The fourth-order valence-electron chi connectivity index (χ4n) is 2.54. The molecule has 3 rings (SSSR count). The third-order valence-electron chi connectivity index (χ3n) is 3.68. The normalized spacial score (nSPS) is 20.8. The van der Waals surface area contributed by atoms with Crippen LogP contribution < -0.4 is 10.1 Å². The molecule has 1 N–H and O–H groups in total. The molecule has 3 nitrogen and oxygen atoms in total. The zero-order valence-corrected chi connectivity index (χ0v) is 11.4. The van der Waals surface area contributed by atoms with E-state index in [-0.39, 0.29) is 5.91 Å². The molecular formula is C17H17NO2. The topological polar surface area (TPSA) is 38.3 Å². The second-order valence-corrected chi connectivity index (χ2v) is 5.06. The molecular weight excluding hydrogens is 250 g/mol. The summed E-state index contributed by atoms with van der Waals surface area (Å²) in [5, 5.41) is 3.02. The van der Waals surface area contributed by atoms with Gasteiger partial charge >= 0.3 is 0 Å². The number of carbonyl (C=O) groups excluding carboxylic acids is 1. The summed E-state index contributed by atoms with van der Waals surface area (Å²) in [4.78, 5) is 12.3. The summed E-state index contributed by atoms with van der Waals surface area (Å²) in [6, 6.07) is 17.4. The summed E-state index contributed by atoms with van der Waals surface area (Å²) in [6.45, 7) is 2.02. The van der Waals surface area contributed by atoms with Gasteiger partial charge in [-0.2, -0.15) is 0 Å². The molecule has 1 heterocycles. The minimum atomic E-state index is -0.660.